The van der Waals surface area contributed by atoms with E-state index in [0.29, 0.717) is 11.8 Å². The Balaban J connectivity index is 2.44. The quantitative estimate of drug-likeness (QED) is 0.139. The van der Waals surface area contributed by atoms with Crippen molar-refractivity contribution in [2.75, 3.05) is 0 Å². The highest BCUT2D eigenvalue weighted by Gasteiger charge is 2.50. The van der Waals surface area contributed by atoms with Gasteiger partial charge in [-0.25, -0.2) is 0 Å². The second-order valence-electron chi connectivity index (χ2n) is 15.1. The van der Waals surface area contributed by atoms with Crippen molar-refractivity contribution < 1.29 is 24.2 Å². The van der Waals surface area contributed by atoms with Crippen LogP contribution in [0.15, 0.2) is 23.8 Å². The van der Waals surface area contributed by atoms with Gasteiger partial charge in [-0.05, 0) is 93.0 Å². The fourth-order valence-corrected chi connectivity index (χ4v) is 8.11. The van der Waals surface area contributed by atoms with E-state index in [0.717, 1.165) is 31.3 Å². The van der Waals surface area contributed by atoms with Crippen molar-refractivity contribution in [1.82, 2.24) is 0 Å². The molecule has 0 saturated heterocycles. The summed E-state index contributed by atoms with van der Waals surface area (Å²) in [4.78, 5) is 11.4. The molecule has 0 radical (unpaired) electrons. The van der Waals surface area contributed by atoms with E-state index >= 15 is 0 Å². The van der Waals surface area contributed by atoms with Gasteiger partial charge in [0.1, 0.15) is 0 Å². The molecule has 2 unspecified atom stereocenters. The molecule has 4 nitrogen and oxygen atoms in total. The summed E-state index contributed by atoms with van der Waals surface area (Å²) in [5, 5.41) is 9.41. The number of carbonyl (C=O) groups is 1. The summed E-state index contributed by atoms with van der Waals surface area (Å²) in [7, 11) is -4.10. The van der Waals surface area contributed by atoms with Gasteiger partial charge in [0.15, 0.2) is 16.6 Å². The van der Waals surface area contributed by atoms with E-state index in [1.54, 1.807) is 6.08 Å². The summed E-state index contributed by atoms with van der Waals surface area (Å²) >= 11 is 0. The molecule has 6 heteroatoms. The number of rotatable bonds is 12. The smallest absolute Gasteiger partial charge is 0.303 e. The Kier molecular flexibility index (Phi) is 10.1. The molecule has 0 aromatic carbocycles. The zero-order chi connectivity index (χ0) is 34.1. The molecule has 2 aliphatic carbocycles. The van der Waals surface area contributed by atoms with Crippen molar-refractivity contribution in [2.45, 2.75) is 149 Å². The highest BCUT2D eigenvalue weighted by Crippen LogP contribution is 2.53. The average molecular weight is 593 g/mol. The molecule has 0 aromatic rings. The van der Waals surface area contributed by atoms with E-state index in [4.69, 9.17) is 14.3 Å². The molecular formula is C34H60O4Si2. The number of fused-ring (bicyclic) bond motifs is 1. The molecule has 0 amide bonds. The van der Waals surface area contributed by atoms with Crippen molar-refractivity contribution in [3.05, 3.63) is 23.8 Å². The lowest BCUT2D eigenvalue weighted by Gasteiger charge is -2.41. The van der Waals surface area contributed by atoms with Crippen LogP contribution in [0.2, 0.25) is 36.3 Å². The lowest BCUT2D eigenvalue weighted by Crippen LogP contribution is -2.45. The van der Waals surface area contributed by atoms with Crippen LogP contribution in [0, 0.1) is 35.5 Å². The predicted molar refractivity (Wildman–Crippen MR) is 174 cm³/mol. The lowest BCUT2D eigenvalue weighted by molar-refractivity contribution is -0.137. The first-order valence-corrected chi connectivity index (χ1v) is 20.9. The number of hydrogen-bond donors (Lipinski definition) is 1. The Hall–Kier alpha value is -1.14. The van der Waals surface area contributed by atoms with Gasteiger partial charge >= 0.3 is 5.97 Å². The van der Waals surface area contributed by atoms with Crippen molar-refractivity contribution in [3.8, 4) is 11.8 Å². The van der Waals surface area contributed by atoms with Crippen LogP contribution in [0.5, 0.6) is 0 Å². The van der Waals surface area contributed by atoms with E-state index in [1.165, 1.54) is 0 Å². The topological polar surface area (TPSA) is 55.8 Å². The third-order valence-corrected chi connectivity index (χ3v) is 18.9. The van der Waals surface area contributed by atoms with Crippen LogP contribution in [-0.2, 0) is 13.6 Å². The monoisotopic (exact) mass is 592 g/mol. The molecule has 2 aliphatic rings. The minimum Gasteiger partial charge on any atom is -0.481 e. The van der Waals surface area contributed by atoms with Gasteiger partial charge in [0.05, 0.1) is 12.2 Å². The van der Waals surface area contributed by atoms with Crippen molar-refractivity contribution >= 4 is 22.6 Å². The summed E-state index contributed by atoms with van der Waals surface area (Å²) in [5.41, 5.74) is 1.09. The molecule has 0 spiro atoms. The number of carboxylic acids is 1. The maximum absolute atomic E-state index is 11.4. The first-order chi connectivity index (χ1) is 19.8. The van der Waals surface area contributed by atoms with Gasteiger partial charge in [0.25, 0.3) is 0 Å². The Morgan fingerprint density at radius 3 is 2.30 bits per heavy atom. The third kappa shape index (κ3) is 9.44. The summed E-state index contributed by atoms with van der Waals surface area (Å²) < 4.78 is 45.9. The number of allylic oxidation sites excluding steroid dienone is 2. The second kappa shape index (κ2) is 13.9. The van der Waals surface area contributed by atoms with Crippen LogP contribution in [0.4, 0.5) is 0 Å². The number of carboxylic acid groups (broad SMARTS) is 1. The van der Waals surface area contributed by atoms with Crippen LogP contribution in [0.3, 0.4) is 0 Å². The fraction of sp³-hybridized carbons (Fsp3) is 0.794. The summed E-state index contributed by atoms with van der Waals surface area (Å²) in [6.45, 7) is 26.9. The molecule has 228 valence electrons. The summed E-state index contributed by atoms with van der Waals surface area (Å²) in [5.74, 6) is 5.65. The zero-order valence-corrected chi connectivity index (χ0v) is 29.4. The van der Waals surface area contributed by atoms with E-state index in [9.17, 15) is 9.90 Å². The Morgan fingerprint density at radius 2 is 1.75 bits per heavy atom. The SMILES string of the molecule is [2H]C([2H])(CC=C1C[C@H]2C[C@@H](O[Si](C)(C)C(C)(C)C)[C@H](C=CC(O[Si](C)(C)C(C)(C)C)C(C)CC#CC)[C@H]2C1)C([2H])([2H])C(=O)O. The Bertz CT molecular complexity index is 1140. The maximum Gasteiger partial charge on any atom is 0.303 e. The summed E-state index contributed by atoms with van der Waals surface area (Å²) in [6.07, 6.45) is 3.99. The van der Waals surface area contributed by atoms with Gasteiger partial charge < -0.3 is 14.0 Å². The molecule has 2 fully saturated rings. The van der Waals surface area contributed by atoms with E-state index in [2.05, 4.69) is 98.6 Å². The lowest BCUT2D eigenvalue weighted by atomic mass is 9.89. The van der Waals surface area contributed by atoms with Crippen molar-refractivity contribution in [2.24, 2.45) is 23.7 Å². The molecule has 0 heterocycles. The second-order valence-corrected chi connectivity index (χ2v) is 24.6. The van der Waals surface area contributed by atoms with E-state index in [-0.39, 0.29) is 40.5 Å². The van der Waals surface area contributed by atoms with Crippen LogP contribution in [0.1, 0.15) is 106 Å². The minimum atomic E-state index is -2.95. The molecule has 40 heavy (non-hydrogen) atoms. The first kappa shape index (κ1) is 29.0. The Morgan fingerprint density at radius 1 is 1.12 bits per heavy atom. The third-order valence-electron chi connectivity index (χ3n) is 9.95. The summed E-state index contributed by atoms with van der Waals surface area (Å²) in [6, 6.07) is 0. The van der Waals surface area contributed by atoms with Crippen LogP contribution >= 0.6 is 0 Å². The molecular weight excluding hydrogens is 529 g/mol. The molecule has 0 bridgehead atoms. The van der Waals surface area contributed by atoms with Crippen LogP contribution < -0.4 is 0 Å². The minimum absolute atomic E-state index is 0.0637. The van der Waals surface area contributed by atoms with Gasteiger partial charge in [0.2, 0.25) is 0 Å². The predicted octanol–water partition coefficient (Wildman–Crippen LogP) is 9.60. The Labute approximate surface area is 254 Å². The van der Waals surface area contributed by atoms with Crippen molar-refractivity contribution in [3.63, 3.8) is 0 Å². The number of hydrogen-bond acceptors (Lipinski definition) is 3. The highest BCUT2D eigenvalue weighted by atomic mass is 28.4. The van der Waals surface area contributed by atoms with Crippen LogP contribution in [-0.4, -0.2) is 39.9 Å². The zero-order valence-electron chi connectivity index (χ0n) is 31.4. The van der Waals surface area contributed by atoms with Crippen molar-refractivity contribution in [1.29, 1.82) is 0 Å². The van der Waals surface area contributed by atoms with Gasteiger partial charge in [-0.15, -0.1) is 11.8 Å². The van der Waals surface area contributed by atoms with Crippen LogP contribution in [0.25, 0.3) is 0 Å². The van der Waals surface area contributed by atoms with Gasteiger partial charge in [-0.3, -0.25) is 4.79 Å². The molecule has 6 atom stereocenters. The van der Waals surface area contributed by atoms with Gasteiger partial charge in [0, 0.05) is 24.2 Å². The maximum atomic E-state index is 11.4. The average Bonchev–Trinajstić information content (AvgIpc) is 3.39. The van der Waals surface area contributed by atoms with Gasteiger partial charge in [-0.1, -0.05) is 72.3 Å². The molecule has 2 rings (SSSR count). The standard InChI is InChI=1S/C34H60O4Si2/c1-13-14-17-25(2)30(37-39(9,10)33(3,4)5)21-20-28-29-23-26(18-15-16-19-32(35)36)22-27(29)24-31(28)38-40(11,12)34(6,7)8/h18,20-21,25,27-31H,15-17,19,22-24H2,1-12H3,(H,35,36)/t25?,27-,28+,29-,30?,31+/m0/s1/i16D2,19D2. The molecule has 2 saturated carbocycles. The normalized spacial score (nSPS) is 28.8. The number of aliphatic carboxylic acids is 1. The highest BCUT2D eigenvalue weighted by molar-refractivity contribution is 6.74. The van der Waals surface area contributed by atoms with E-state index in [1.807, 2.05) is 6.92 Å². The largest absolute Gasteiger partial charge is 0.481 e. The van der Waals surface area contributed by atoms with Gasteiger partial charge in [-0.2, -0.15) is 0 Å². The van der Waals surface area contributed by atoms with E-state index < -0.39 is 35.3 Å². The molecule has 0 aromatic heterocycles. The molecule has 1 N–H and O–H groups in total. The molecule has 0 aliphatic heterocycles. The first-order valence-electron chi connectivity index (χ1n) is 17.1. The fourth-order valence-electron chi connectivity index (χ4n) is 5.40.